The standard InChI is InChI=1S/C19H18N4O3/c24-18(16-13-20-14-23(16)15-5-2-1-3-6-15)21-8-10-22(11-9-21)19(25)17-7-4-12-26-17/h1-7,12-14H,8-11H2. The Morgan fingerprint density at radius 3 is 2.23 bits per heavy atom. The van der Waals surface area contributed by atoms with Crippen molar-refractivity contribution >= 4 is 11.8 Å². The van der Waals surface area contributed by atoms with Gasteiger partial charge < -0.3 is 14.2 Å². The third-order valence-electron chi connectivity index (χ3n) is 4.48. The molecule has 4 rings (SSSR count). The molecule has 0 aliphatic carbocycles. The smallest absolute Gasteiger partial charge is 0.289 e. The number of furan rings is 1. The highest BCUT2D eigenvalue weighted by Gasteiger charge is 2.28. The van der Waals surface area contributed by atoms with E-state index in [1.54, 1.807) is 39.0 Å². The number of carbonyl (C=O) groups excluding carboxylic acids is 2. The lowest BCUT2D eigenvalue weighted by molar-refractivity contribution is 0.0514. The first kappa shape index (κ1) is 16.1. The number of carbonyl (C=O) groups is 2. The maximum Gasteiger partial charge on any atom is 0.289 e. The Bertz CT molecular complexity index is 894. The molecule has 3 aromatic rings. The van der Waals surface area contributed by atoms with Gasteiger partial charge in [0.25, 0.3) is 11.8 Å². The van der Waals surface area contributed by atoms with Crippen LogP contribution in [-0.4, -0.2) is 57.3 Å². The van der Waals surface area contributed by atoms with Gasteiger partial charge in [0.1, 0.15) is 5.69 Å². The predicted octanol–water partition coefficient (Wildman–Crippen LogP) is 2.06. The first-order chi connectivity index (χ1) is 12.7. The minimum atomic E-state index is -0.142. The van der Waals surface area contributed by atoms with E-state index in [0.29, 0.717) is 37.6 Å². The zero-order valence-corrected chi connectivity index (χ0v) is 14.1. The second-order valence-corrected chi connectivity index (χ2v) is 6.05. The molecule has 0 radical (unpaired) electrons. The van der Waals surface area contributed by atoms with Gasteiger partial charge in [0.15, 0.2) is 5.76 Å². The van der Waals surface area contributed by atoms with Gasteiger partial charge in [-0.05, 0) is 24.3 Å². The van der Waals surface area contributed by atoms with Crippen LogP contribution in [0.3, 0.4) is 0 Å². The fourth-order valence-corrected chi connectivity index (χ4v) is 3.08. The normalized spacial score (nSPS) is 14.5. The van der Waals surface area contributed by atoms with E-state index < -0.39 is 0 Å². The summed E-state index contributed by atoms with van der Waals surface area (Å²) in [5.74, 6) is 0.0970. The van der Waals surface area contributed by atoms with Crippen molar-refractivity contribution in [3.05, 3.63) is 72.7 Å². The summed E-state index contributed by atoms with van der Waals surface area (Å²) >= 11 is 0. The van der Waals surface area contributed by atoms with E-state index in [9.17, 15) is 9.59 Å². The number of para-hydroxylation sites is 1. The quantitative estimate of drug-likeness (QED) is 0.725. The van der Waals surface area contributed by atoms with Crippen molar-refractivity contribution in [3.8, 4) is 5.69 Å². The number of amides is 2. The Hall–Kier alpha value is -3.35. The highest BCUT2D eigenvalue weighted by Crippen LogP contribution is 2.15. The number of nitrogens with zero attached hydrogens (tertiary/aromatic N) is 4. The number of hydrogen-bond acceptors (Lipinski definition) is 4. The van der Waals surface area contributed by atoms with E-state index in [2.05, 4.69) is 4.98 Å². The van der Waals surface area contributed by atoms with E-state index in [1.807, 2.05) is 30.3 Å². The molecule has 0 atom stereocenters. The van der Waals surface area contributed by atoms with Crippen LogP contribution in [0.25, 0.3) is 5.69 Å². The molecule has 2 aromatic heterocycles. The van der Waals surface area contributed by atoms with E-state index in [4.69, 9.17) is 4.42 Å². The highest BCUT2D eigenvalue weighted by atomic mass is 16.3. The van der Waals surface area contributed by atoms with E-state index in [1.165, 1.54) is 6.26 Å². The molecule has 0 bridgehead atoms. The van der Waals surface area contributed by atoms with Crippen LogP contribution in [0, 0.1) is 0 Å². The van der Waals surface area contributed by atoms with Gasteiger partial charge >= 0.3 is 0 Å². The Kier molecular flexibility index (Phi) is 4.27. The summed E-state index contributed by atoms with van der Waals surface area (Å²) < 4.78 is 6.94. The molecule has 3 heterocycles. The van der Waals surface area contributed by atoms with Crippen LogP contribution < -0.4 is 0 Å². The van der Waals surface area contributed by atoms with E-state index in [-0.39, 0.29) is 11.8 Å². The lowest BCUT2D eigenvalue weighted by Gasteiger charge is -2.34. The number of piperazine rings is 1. The minimum Gasteiger partial charge on any atom is -0.459 e. The largest absolute Gasteiger partial charge is 0.459 e. The summed E-state index contributed by atoms with van der Waals surface area (Å²) in [6.07, 6.45) is 4.70. The number of benzene rings is 1. The molecule has 0 spiro atoms. The maximum atomic E-state index is 12.9. The van der Waals surface area contributed by atoms with Crippen LogP contribution in [0.2, 0.25) is 0 Å². The van der Waals surface area contributed by atoms with Crippen molar-refractivity contribution in [2.45, 2.75) is 0 Å². The monoisotopic (exact) mass is 350 g/mol. The van der Waals surface area contributed by atoms with Crippen LogP contribution >= 0.6 is 0 Å². The van der Waals surface area contributed by atoms with Crippen molar-refractivity contribution < 1.29 is 14.0 Å². The molecule has 0 unspecified atom stereocenters. The van der Waals surface area contributed by atoms with Crippen LogP contribution in [0.5, 0.6) is 0 Å². The van der Waals surface area contributed by atoms with Gasteiger partial charge in [-0.3, -0.25) is 14.2 Å². The first-order valence-electron chi connectivity index (χ1n) is 8.44. The fraction of sp³-hybridized carbons (Fsp3) is 0.211. The Labute approximate surface area is 150 Å². The summed E-state index contributed by atoms with van der Waals surface area (Å²) in [4.78, 5) is 32.8. The molecule has 2 amide bonds. The lowest BCUT2D eigenvalue weighted by Crippen LogP contribution is -2.50. The van der Waals surface area contributed by atoms with Crippen LogP contribution in [0.15, 0.2) is 65.7 Å². The Balaban J connectivity index is 1.45. The first-order valence-corrected chi connectivity index (χ1v) is 8.44. The topological polar surface area (TPSA) is 71.6 Å². The summed E-state index contributed by atoms with van der Waals surface area (Å²) in [5.41, 5.74) is 1.40. The van der Waals surface area contributed by atoms with Crippen molar-refractivity contribution in [1.82, 2.24) is 19.4 Å². The number of imidazole rings is 1. The highest BCUT2D eigenvalue weighted by molar-refractivity contribution is 5.94. The summed E-state index contributed by atoms with van der Waals surface area (Å²) in [6, 6.07) is 13.0. The zero-order valence-electron chi connectivity index (χ0n) is 14.1. The van der Waals surface area contributed by atoms with Crippen molar-refractivity contribution in [3.63, 3.8) is 0 Å². The number of rotatable bonds is 3. The van der Waals surface area contributed by atoms with E-state index >= 15 is 0 Å². The third-order valence-corrected chi connectivity index (χ3v) is 4.48. The summed E-state index contributed by atoms with van der Waals surface area (Å²) in [5, 5.41) is 0. The van der Waals surface area contributed by atoms with Crippen molar-refractivity contribution in [1.29, 1.82) is 0 Å². The summed E-state index contributed by atoms with van der Waals surface area (Å²) in [6.45, 7) is 1.91. The Morgan fingerprint density at radius 1 is 0.885 bits per heavy atom. The third kappa shape index (κ3) is 2.99. The van der Waals surface area contributed by atoms with Gasteiger partial charge in [0.2, 0.25) is 0 Å². The molecule has 132 valence electrons. The second kappa shape index (κ2) is 6.87. The molecule has 7 nitrogen and oxygen atoms in total. The van der Waals surface area contributed by atoms with E-state index in [0.717, 1.165) is 5.69 Å². The van der Waals surface area contributed by atoms with Gasteiger partial charge in [-0.1, -0.05) is 18.2 Å². The molecule has 0 N–H and O–H groups in total. The molecule has 26 heavy (non-hydrogen) atoms. The molecule has 0 saturated carbocycles. The molecule has 7 heteroatoms. The van der Waals surface area contributed by atoms with Gasteiger partial charge in [0.05, 0.1) is 18.8 Å². The molecule has 1 fully saturated rings. The zero-order chi connectivity index (χ0) is 17.9. The van der Waals surface area contributed by atoms with Gasteiger partial charge in [-0.2, -0.15) is 0 Å². The molecular formula is C19H18N4O3. The van der Waals surface area contributed by atoms with Crippen LogP contribution in [-0.2, 0) is 0 Å². The average Bonchev–Trinajstić information content (AvgIpc) is 3.39. The predicted molar refractivity (Wildman–Crippen MR) is 94.1 cm³/mol. The second-order valence-electron chi connectivity index (χ2n) is 6.05. The van der Waals surface area contributed by atoms with Gasteiger partial charge in [0, 0.05) is 31.9 Å². The SMILES string of the molecule is O=C(c1ccco1)N1CCN(C(=O)c2cncn2-c2ccccc2)CC1. The maximum absolute atomic E-state index is 12.9. The van der Waals surface area contributed by atoms with Gasteiger partial charge in [-0.15, -0.1) is 0 Å². The minimum absolute atomic E-state index is 0.0866. The molecule has 1 aliphatic heterocycles. The van der Waals surface area contributed by atoms with Crippen LogP contribution in [0.4, 0.5) is 0 Å². The lowest BCUT2D eigenvalue weighted by atomic mass is 10.2. The molecule has 1 saturated heterocycles. The van der Waals surface area contributed by atoms with Crippen LogP contribution in [0.1, 0.15) is 21.0 Å². The number of aromatic nitrogens is 2. The molecule has 1 aliphatic rings. The average molecular weight is 350 g/mol. The van der Waals surface area contributed by atoms with Gasteiger partial charge in [-0.25, -0.2) is 4.98 Å². The Morgan fingerprint density at radius 2 is 1.58 bits per heavy atom. The molecule has 1 aromatic carbocycles. The molecular weight excluding hydrogens is 332 g/mol. The fourth-order valence-electron chi connectivity index (χ4n) is 3.08. The van der Waals surface area contributed by atoms with Crippen molar-refractivity contribution in [2.75, 3.05) is 26.2 Å². The number of hydrogen-bond donors (Lipinski definition) is 0. The van der Waals surface area contributed by atoms with Crippen molar-refractivity contribution in [2.24, 2.45) is 0 Å². The summed E-state index contributed by atoms with van der Waals surface area (Å²) in [7, 11) is 0.